The van der Waals surface area contributed by atoms with Gasteiger partial charge in [-0.3, -0.25) is 9.59 Å². The molecule has 2 unspecified atom stereocenters. The van der Waals surface area contributed by atoms with Crippen LogP contribution in [0.15, 0.2) is 48.6 Å². The van der Waals surface area contributed by atoms with Crippen LogP contribution in [0.3, 0.4) is 0 Å². The minimum absolute atomic E-state index is 0.0126. The van der Waals surface area contributed by atoms with E-state index in [2.05, 4.69) is 55.6 Å². The van der Waals surface area contributed by atoms with Gasteiger partial charge in [-0.2, -0.15) is 0 Å². The van der Waals surface area contributed by atoms with Crippen molar-refractivity contribution in [2.24, 2.45) is 0 Å². The van der Waals surface area contributed by atoms with Crippen LogP contribution in [0.4, 0.5) is 0 Å². The van der Waals surface area contributed by atoms with Gasteiger partial charge in [0.05, 0.1) is 25.4 Å². The fourth-order valence-corrected chi connectivity index (χ4v) is 10.9. The minimum atomic E-state index is -0.840. The number of unbranched alkanes of at least 4 members (excludes halogenated alkanes) is 49. The monoisotopic (exact) mass is 1110 g/mol. The zero-order valence-corrected chi connectivity index (χ0v) is 53.1. The lowest BCUT2D eigenvalue weighted by Gasteiger charge is -2.20. The van der Waals surface area contributed by atoms with Crippen molar-refractivity contribution < 1.29 is 24.5 Å². The molecule has 0 heterocycles. The highest BCUT2D eigenvalue weighted by Crippen LogP contribution is 2.18. The number of hydrogen-bond acceptors (Lipinski definition) is 5. The Morgan fingerprint density at radius 3 is 0.987 bits per heavy atom. The van der Waals surface area contributed by atoms with E-state index in [1.54, 1.807) is 6.08 Å². The molecule has 79 heavy (non-hydrogen) atoms. The Balaban J connectivity index is 3.32. The first kappa shape index (κ1) is 76.8. The van der Waals surface area contributed by atoms with E-state index in [1.807, 2.05) is 6.08 Å². The van der Waals surface area contributed by atoms with Gasteiger partial charge < -0.3 is 20.3 Å². The summed E-state index contributed by atoms with van der Waals surface area (Å²) in [6.07, 6.45) is 89.3. The first-order valence-electron chi connectivity index (χ1n) is 35.4. The van der Waals surface area contributed by atoms with Gasteiger partial charge in [0.1, 0.15) is 0 Å². The fraction of sp³-hybridized carbons (Fsp3) is 0.863. The standard InChI is InChI=1S/C73H137NO5/c1-3-5-7-9-11-13-14-15-16-17-38-41-44-47-51-55-59-63-67-73(78)79-68-64-60-56-52-48-45-42-39-36-34-32-30-28-26-24-22-20-18-19-21-23-25-27-29-31-33-35-37-40-43-46-50-54-58-62-66-72(77)74-70(69-75)71(76)65-61-57-53-49-12-10-8-6-4-2/h13-14,16-17,20,22,61,65,70-71,75-76H,3-12,15,18-19,21,23-60,62-64,66-69H2,1-2H3,(H,74,77)/b14-13-,17-16-,22-20-,65-61+. The molecule has 464 valence electrons. The van der Waals surface area contributed by atoms with Crippen LogP contribution in [0, 0.1) is 0 Å². The Kier molecular flexibility index (Phi) is 66.4. The van der Waals surface area contributed by atoms with E-state index in [-0.39, 0.29) is 18.5 Å². The molecule has 2 atom stereocenters. The molecule has 0 aromatic carbocycles. The Bertz CT molecular complexity index is 1320. The van der Waals surface area contributed by atoms with Crippen molar-refractivity contribution in [3.05, 3.63) is 48.6 Å². The van der Waals surface area contributed by atoms with Crippen LogP contribution >= 0.6 is 0 Å². The summed E-state index contributed by atoms with van der Waals surface area (Å²) in [4.78, 5) is 24.5. The van der Waals surface area contributed by atoms with Gasteiger partial charge in [-0.05, 0) is 89.9 Å². The lowest BCUT2D eigenvalue weighted by molar-refractivity contribution is -0.143. The van der Waals surface area contributed by atoms with Crippen LogP contribution < -0.4 is 5.32 Å². The third-order valence-electron chi connectivity index (χ3n) is 16.3. The predicted molar refractivity (Wildman–Crippen MR) is 347 cm³/mol. The van der Waals surface area contributed by atoms with Crippen LogP contribution in [-0.2, 0) is 14.3 Å². The van der Waals surface area contributed by atoms with Crippen LogP contribution in [0.25, 0.3) is 0 Å². The first-order valence-corrected chi connectivity index (χ1v) is 35.4. The molecule has 0 aliphatic heterocycles. The quantitative estimate of drug-likeness (QED) is 0.0320. The van der Waals surface area contributed by atoms with Gasteiger partial charge in [0.15, 0.2) is 0 Å². The summed E-state index contributed by atoms with van der Waals surface area (Å²) in [5.41, 5.74) is 0. The first-order chi connectivity index (χ1) is 39.0. The van der Waals surface area contributed by atoms with Crippen LogP contribution in [0.5, 0.6) is 0 Å². The van der Waals surface area contributed by atoms with Gasteiger partial charge >= 0.3 is 5.97 Å². The number of rotatable bonds is 66. The molecular weight excluding hydrogens is 971 g/mol. The molecule has 0 bridgehead atoms. The summed E-state index contributed by atoms with van der Waals surface area (Å²) in [5.74, 6) is -0.0537. The smallest absolute Gasteiger partial charge is 0.305 e. The summed E-state index contributed by atoms with van der Waals surface area (Å²) < 4.78 is 5.50. The zero-order chi connectivity index (χ0) is 57.1. The van der Waals surface area contributed by atoms with Crippen molar-refractivity contribution in [3.8, 4) is 0 Å². The van der Waals surface area contributed by atoms with Gasteiger partial charge in [0.25, 0.3) is 0 Å². The van der Waals surface area contributed by atoms with Crippen molar-refractivity contribution in [1.29, 1.82) is 0 Å². The Hall–Kier alpha value is -2.18. The number of hydrogen-bond donors (Lipinski definition) is 3. The molecule has 0 fully saturated rings. The second-order valence-electron chi connectivity index (χ2n) is 24.2. The van der Waals surface area contributed by atoms with Crippen LogP contribution in [0.1, 0.15) is 380 Å². The summed E-state index contributed by atoms with van der Waals surface area (Å²) in [6, 6.07) is -0.623. The molecule has 0 aliphatic rings. The Morgan fingerprint density at radius 1 is 0.354 bits per heavy atom. The van der Waals surface area contributed by atoms with Gasteiger partial charge in [0, 0.05) is 12.8 Å². The molecule has 6 heteroatoms. The molecule has 0 saturated carbocycles. The number of esters is 1. The summed E-state index contributed by atoms with van der Waals surface area (Å²) in [5, 5.41) is 23.0. The van der Waals surface area contributed by atoms with Crippen molar-refractivity contribution in [2.45, 2.75) is 392 Å². The maximum Gasteiger partial charge on any atom is 0.305 e. The zero-order valence-electron chi connectivity index (χ0n) is 53.1. The minimum Gasteiger partial charge on any atom is -0.466 e. The van der Waals surface area contributed by atoms with E-state index in [1.165, 1.54) is 302 Å². The van der Waals surface area contributed by atoms with Crippen LogP contribution in [-0.4, -0.2) is 47.4 Å². The van der Waals surface area contributed by atoms with Gasteiger partial charge in [0.2, 0.25) is 5.91 Å². The summed E-state index contributed by atoms with van der Waals surface area (Å²) in [7, 11) is 0. The molecule has 0 aromatic rings. The van der Waals surface area contributed by atoms with Crippen molar-refractivity contribution in [1.82, 2.24) is 5.32 Å². The van der Waals surface area contributed by atoms with E-state index in [4.69, 9.17) is 4.74 Å². The number of ether oxygens (including phenoxy) is 1. The number of amides is 1. The molecule has 0 saturated heterocycles. The lowest BCUT2D eigenvalue weighted by atomic mass is 10.0. The van der Waals surface area contributed by atoms with E-state index >= 15 is 0 Å². The molecule has 0 spiro atoms. The number of nitrogens with one attached hydrogen (secondary N) is 1. The second kappa shape index (κ2) is 68.3. The highest BCUT2D eigenvalue weighted by Gasteiger charge is 2.18. The van der Waals surface area contributed by atoms with Crippen LogP contribution in [0.2, 0.25) is 0 Å². The van der Waals surface area contributed by atoms with Gasteiger partial charge in [-0.25, -0.2) is 0 Å². The van der Waals surface area contributed by atoms with E-state index in [0.717, 1.165) is 51.4 Å². The fourth-order valence-electron chi connectivity index (χ4n) is 10.9. The van der Waals surface area contributed by atoms with Gasteiger partial charge in [-0.1, -0.05) is 326 Å². The van der Waals surface area contributed by atoms with Crippen molar-refractivity contribution in [2.75, 3.05) is 13.2 Å². The molecule has 3 N–H and O–H groups in total. The Labute approximate surface area is 493 Å². The normalized spacial score (nSPS) is 12.8. The summed E-state index contributed by atoms with van der Waals surface area (Å²) in [6.45, 7) is 4.88. The highest BCUT2D eigenvalue weighted by molar-refractivity contribution is 5.76. The van der Waals surface area contributed by atoms with E-state index < -0.39 is 12.1 Å². The molecule has 0 aromatic heterocycles. The molecule has 0 rings (SSSR count). The number of allylic oxidation sites excluding steroid dienone is 7. The maximum absolute atomic E-state index is 12.4. The molecule has 0 radical (unpaired) electrons. The molecule has 6 nitrogen and oxygen atoms in total. The molecule has 1 amide bonds. The van der Waals surface area contributed by atoms with E-state index in [9.17, 15) is 19.8 Å². The Morgan fingerprint density at radius 2 is 0.633 bits per heavy atom. The second-order valence-corrected chi connectivity index (χ2v) is 24.2. The topological polar surface area (TPSA) is 95.9 Å². The van der Waals surface area contributed by atoms with E-state index in [0.29, 0.717) is 19.4 Å². The lowest BCUT2D eigenvalue weighted by Crippen LogP contribution is -2.45. The molecular formula is C73H137NO5. The van der Waals surface area contributed by atoms with Crippen molar-refractivity contribution in [3.63, 3.8) is 0 Å². The number of aliphatic hydroxyl groups is 2. The predicted octanol–water partition coefficient (Wildman–Crippen LogP) is 22.9. The van der Waals surface area contributed by atoms with Crippen molar-refractivity contribution >= 4 is 11.9 Å². The van der Waals surface area contributed by atoms with Gasteiger partial charge in [-0.15, -0.1) is 0 Å². The third kappa shape index (κ3) is 64.8. The maximum atomic E-state index is 12.4. The largest absolute Gasteiger partial charge is 0.466 e. The summed E-state index contributed by atoms with van der Waals surface area (Å²) >= 11 is 0. The average molecular weight is 1110 g/mol. The number of carbonyl (C=O) groups is 2. The number of aliphatic hydroxyl groups excluding tert-OH is 2. The average Bonchev–Trinajstić information content (AvgIpc) is 3.45. The highest BCUT2D eigenvalue weighted by atomic mass is 16.5. The SMILES string of the molecule is CCCCCC/C=C\C/C=C\CCCCCCCCCC(=O)OCCCCCCCCCCCCCCCC/C=C\CCCCCCCCCCCCCCCCCCCC(=O)NC(CO)C(O)/C=C/CCCCCCCCC. The third-order valence-corrected chi connectivity index (χ3v) is 16.3. The molecule has 0 aliphatic carbocycles. The number of carbonyl (C=O) groups excluding carboxylic acids is 2.